The van der Waals surface area contributed by atoms with Gasteiger partial charge >= 0.3 is 6.18 Å². The zero-order valence-electron chi connectivity index (χ0n) is 20.5. The highest BCUT2D eigenvalue weighted by Crippen LogP contribution is 2.65. The van der Waals surface area contributed by atoms with Crippen LogP contribution in [0.4, 0.5) is 43.4 Å². The topological polar surface area (TPSA) is 87.3 Å². The number of carbonyl (C=O) groups is 3. The maximum atomic E-state index is 14.9. The number of rotatable bonds is 7. The molecule has 16 heteroatoms. The summed E-state index contributed by atoms with van der Waals surface area (Å²) in [7, 11) is 0. The smallest absolute Gasteiger partial charge is 0.326 e. The van der Waals surface area contributed by atoms with Crippen molar-refractivity contribution in [3.63, 3.8) is 0 Å². The van der Waals surface area contributed by atoms with Crippen LogP contribution in [0.3, 0.4) is 0 Å². The summed E-state index contributed by atoms with van der Waals surface area (Å²) in [6.07, 6.45) is -6.92. The number of halogens is 10. The Labute approximate surface area is 253 Å². The number of amides is 3. The van der Waals surface area contributed by atoms with Gasteiger partial charge in [0.15, 0.2) is 5.82 Å². The van der Waals surface area contributed by atoms with Gasteiger partial charge in [-0.25, -0.2) is 13.2 Å². The van der Waals surface area contributed by atoms with E-state index in [0.717, 1.165) is 18.2 Å². The van der Waals surface area contributed by atoms with Gasteiger partial charge in [-0.2, -0.15) is 13.2 Å². The van der Waals surface area contributed by atoms with Gasteiger partial charge in [0.1, 0.15) is 28.1 Å². The molecule has 2 atom stereocenters. The highest BCUT2D eigenvalue weighted by Gasteiger charge is 2.67. The molecule has 0 bridgehead atoms. The number of hydrogen-bond acceptors (Lipinski definition) is 3. The zero-order chi connectivity index (χ0) is 31.1. The van der Waals surface area contributed by atoms with Crippen LogP contribution in [0.5, 0.6) is 0 Å². The molecule has 0 saturated heterocycles. The maximum absolute atomic E-state index is 14.9. The first-order valence-corrected chi connectivity index (χ1v) is 13.1. The van der Waals surface area contributed by atoms with E-state index >= 15 is 0 Å². The van der Waals surface area contributed by atoms with Crippen molar-refractivity contribution in [2.75, 3.05) is 16.0 Å². The van der Waals surface area contributed by atoms with Crippen LogP contribution in [0.2, 0.25) is 10.0 Å². The molecule has 222 valence electrons. The molecule has 0 radical (unpaired) electrons. The summed E-state index contributed by atoms with van der Waals surface area (Å²) in [5, 5.41) is 5.76. The highest BCUT2D eigenvalue weighted by molar-refractivity contribution is 6.53. The Hall–Kier alpha value is -3.19. The summed E-state index contributed by atoms with van der Waals surface area (Å²) in [4.78, 5) is 37.4. The molecule has 0 aliphatic heterocycles. The monoisotopic (exact) mass is 671 g/mol. The predicted molar refractivity (Wildman–Crippen MR) is 146 cm³/mol. The second-order valence-corrected chi connectivity index (χ2v) is 11.3. The fourth-order valence-corrected chi connectivity index (χ4v) is 5.31. The third-order valence-corrected chi connectivity index (χ3v) is 7.64. The molecule has 42 heavy (non-hydrogen) atoms. The van der Waals surface area contributed by atoms with E-state index < -0.39 is 75.3 Å². The first kappa shape index (κ1) is 31.7. The van der Waals surface area contributed by atoms with E-state index in [0.29, 0.717) is 11.6 Å². The van der Waals surface area contributed by atoms with E-state index in [1.54, 1.807) is 0 Å². The SMILES string of the molecule is O=C(CC(F)(F)F)Nc1c(F)ccc(NC(=O)c2cc(NC(=O)[C@H]3[C@H](c4ccc(F)c(Cl)c4)C3(Cl)Cl)ccc2Cl)c1F. The van der Waals surface area contributed by atoms with Crippen molar-refractivity contribution in [2.24, 2.45) is 5.92 Å². The molecule has 0 spiro atoms. The van der Waals surface area contributed by atoms with Crippen molar-refractivity contribution in [3.05, 3.63) is 87.2 Å². The van der Waals surface area contributed by atoms with Gasteiger partial charge < -0.3 is 16.0 Å². The van der Waals surface area contributed by atoms with Crippen LogP contribution in [0.15, 0.2) is 48.5 Å². The lowest BCUT2D eigenvalue weighted by Crippen LogP contribution is -2.23. The lowest BCUT2D eigenvalue weighted by molar-refractivity contribution is -0.150. The minimum Gasteiger partial charge on any atom is -0.326 e. The number of anilines is 3. The molecule has 3 aromatic carbocycles. The van der Waals surface area contributed by atoms with Crippen LogP contribution in [0, 0.1) is 23.4 Å². The predicted octanol–water partition coefficient (Wildman–Crippen LogP) is 8.08. The molecule has 6 nitrogen and oxygen atoms in total. The van der Waals surface area contributed by atoms with Crippen LogP contribution in [0.1, 0.15) is 28.3 Å². The summed E-state index contributed by atoms with van der Waals surface area (Å²) in [5.74, 6) is -8.79. The summed E-state index contributed by atoms with van der Waals surface area (Å²) in [5.41, 5.74) is -1.73. The Bertz CT molecular complexity index is 1600. The molecule has 4 rings (SSSR count). The Balaban J connectivity index is 1.50. The maximum Gasteiger partial charge on any atom is 0.397 e. The molecular weight excluding hydrogens is 658 g/mol. The molecule has 0 heterocycles. The molecule has 1 aliphatic rings. The number of benzene rings is 3. The molecule has 3 aromatic rings. The van der Waals surface area contributed by atoms with Crippen LogP contribution < -0.4 is 16.0 Å². The molecule has 3 amide bonds. The van der Waals surface area contributed by atoms with Gasteiger partial charge in [-0.05, 0) is 48.0 Å². The highest BCUT2D eigenvalue weighted by atomic mass is 35.5. The van der Waals surface area contributed by atoms with Gasteiger partial charge in [0.05, 0.1) is 27.2 Å². The normalized spacial score (nSPS) is 17.4. The van der Waals surface area contributed by atoms with E-state index in [2.05, 4.69) is 10.6 Å². The fourth-order valence-electron chi connectivity index (χ4n) is 4.09. The Morgan fingerprint density at radius 1 is 0.833 bits per heavy atom. The van der Waals surface area contributed by atoms with Gasteiger partial charge in [-0.3, -0.25) is 14.4 Å². The molecule has 3 N–H and O–H groups in total. The average molecular weight is 673 g/mol. The summed E-state index contributed by atoms with van der Waals surface area (Å²) < 4.78 is 78.2. The van der Waals surface area contributed by atoms with Gasteiger partial charge in [-0.1, -0.05) is 29.3 Å². The van der Waals surface area contributed by atoms with E-state index in [-0.39, 0.29) is 21.3 Å². The van der Waals surface area contributed by atoms with Crippen molar-refractivity contribution >= 4 is 81.2 Å². The molecule has 1 fully saturated rings. The number of nitrogens with one attached hydrogen (secondary N) is 3. The zero-order valence-corrected chi connectivity index (χ0v) is 23.5. The third kappa shape index (κ3) is 6.88. The first-order valence-electron chi connectivity index (χ1n) is 11.6. The quantitative estimate of drug-likeness (QED) is 0.175. The molecule has 1 saturated carbocycles. The van der Waals surface area contributed by atoms with Gasteiger partial charge in [0.25, 0.3) is 5.91 Å². The van der Waals surface area contributed by atoms with Gasteiger partial charge in [0.2, 0.25) is 11.8 Å². The summed E-state index contributed by atoms with van der Waals surface area (Å²) in [6.45, 7) is 0. The molecule has 0 aromatic heterocycles. The van der Waals surface area contributed by atoms with Crippen molar-refractivity contribution < 1.29 is 40.7 Å². The summed E-state index contributed by atoms with van der Waals surface area (Å²) in [6, 6.07) is 8.85. The minimum atomic E-state index is -4.93. The van der Waals surface area contributed by atoms with Gasteiger partial charge in [0, 0.05) is 11.6 Å². The van der Waals surface area contributed by atoms with E-state index in [1.807, 2.05) is 0 Å². The van der Waals surface area contributed by atoms with Crippen LogP contribution in [-0.4, -0.2) is 28.2 Å². The lowest BCUT2D eigenvalue weighted by Gasteiger charge is -2.14. The lowest BCUT2D eigenvalue weighted by atomic mass is 10.1. The fraction of sp³-hybridized carbons (Fsp3) is 0.192. The second-order valence-electron chi connectivity index (χ2n) is 9.07. The molecule has 1 aliphatic carbocycles. The van der Waals surface area contributed by atoms with E-state index in [4.69, 9.17) is 46.4 Å². The third-order valence-electron chi connectivity index (χ3n) is 6.08. The number of alkyl halides is 5. The van der Waals surface area contributed by atoms with Crippen molar-refractivity contribution in [1.29, 1.82) is 0 Å². The van der Waals surface area contributed by atoms with Crippen molar-refractivity contribution in [2.45, 2.75) is 22.8 Å². The molecular formula is C26H15Cl4F6N3O3. The van der Waals surface area contributed by atoms with E-state index in [9.17, 15) is 40.7 Å². The van der Waals surface area contributed by atoms with E-state index in [1.165, 1.54) is 29.6 Å². The Morgan fingerprint density at radius 3 is 2.14 bits per heavy atom. The second kappa shape index (κ2) is 11.8. The van der Waals surface area contributed by atoms with Crippen LogP contribution in [0.25, 0.3) is 0 Å². The van der Waals surface area contributed by atoms with Gasteiger partial charge in [-0.15, -0.1) is 23.2 Å². The Kier molecular flexibility index (Phi) is 8.94. The number of carbonyl (C=O) groups excluding carboxylic acids is 3. The number of hydrogen-bond donors (Lipinski definition) is 3. The minimum absolute atomic E-state index is 0.0427. The van der Waals surface area contributed by atoms with Crippen molar-refractivity contribution in [1.82, 2.24) is 0 Å². The standard InChI is InChI=1S/C26H15Cl4F6N3O3/c27-13-3-2-11(37-24(42)20-19(26(20,29)30)10-1-4-15(31)14(28)7-10)8-12(13)23(41)38-17-6-5-16(32)22(21(17)33)39-18(40)9-25(34,35)36/h1-8,19-20H,9H2,(H,37,42)(H,38,41)(H,39,40)/t19-,20+/m0/s1. The first-order chi connectivity index (χ1) is 19.5. The molecule has 0 unspecified atom stereocenters. The Morgan fingerprint density at radius 2 is 1.50 bits per heavy atom. The summed E-state index contributed by atoms with van der Waals surface area (Å²) >= 11 is 24.5. The van der Waals surface area contributed by atoms with Crippen LogP contribution >= 0.6 is 46.4 Å². The largest absolute Gasteiger partial charge is 0.397 e. The van der Waals surface area contributed by atoms with Crippen LogP contribution in [-0.2, 0) is 9.59 Å². The average Bonchev–Trinajstić information content (AvgIpc) is 3.47. The van der Waals surface area contributed by atoms with Crippen molar-refractivity contribution in [3.8, 4) is 0 Å².